The Morgan fingerprint density at radius 3 is 2.17 bits per heavy atom. The van der Waals surface area contributed by atoms with Gasteiger partial charge < -0.3 is 15.5 Å². The molecule has 0 aromatic carbocycles. The molecule has 4 heteroatoms. The Labute approximate surface area is 73.2 Å². The Morgan fingerprint density at radius 2 is 1.75 bits per heavy atom. The molecule has 12 heavy (non-hydrogen) atoms. The van der Waals surface area contributed by atoms with Crippen molar-refractivity contribution in [2.45, 2.75) is 0 Å². The molecule has 0 saturated carbocycles. The number of terminal acetylenes is 1. The van der Waals surface area contributed by atoms with Crippen LogP contribution < -0.4 is 5.32 Å². The molecule has 0 spiro atoms. The van der Waals surface area contributed by atoms with Crippen LogP contribution in [0.5, 0.6) is 0 Å². The van der Waals surface area contributed by atoms with Crippen LogP contribution >= 0.6 is 0 Å². The average Bonchev–Trinajstić information content (AvgIpc) is 2.06. The zero-order chi connectivity index (χ0) is 9.23. The van der Waals surface area contributed by atoms with E-state index < -0.39 is 0 Å². The van der Waals surface area contributed by atoms with Gasteiger partial charge in [-0.15, -0.1) is 0 Å². The minimum absolute atomic E-state index is 0.107. The fraction of sp³-hybridized carbons (Fsp3) is 0.750. The molecule has 0 heterocycles. The molecule has 0 fully saturated rings. The van der Waals surface area contributed by atoms with Crippen molar-refractivity contribution in [1.82, 2.24) is 10.2 Å². The van der Waals surface area contributed by atoms with Gasteiger partial charge >= 0.3 is 0 Å². The number of rotatable bonds is 7. The predicted molar refractivity (Wildman–Crippen MR) is 47.4 cm³/mol. The molecule has 0 aliphatic heterocycles. The van der Waals surface area contributed by atoms with E-state index >= 15 is 0 Å². The van der Waals surface area contributed by atoms with Crippen LogP contribution in [0.3, 0.4) is 0 Å². The Balaban J connectivity index is 3.42. The maximum Gasteiger partial charge on any atom is 0.0558 e. The zero-order valence-corrected chi connectivity index (χ0v) is 7.16. The summed E-state index contributed by atoms with van der Waals surface area (Å²) in [5, 5.41) is 20.0. The predicted octanol–water partition coefficient (Wildman–Crippen LogP) is -1.55. The Hall–Kier alpha value is -0.760. The lowest BCUT2D eigenvalue weighted by Gasteiger charge is -2.19. The summed E-state index contributed by atoms with van der Waals surface area (Å²) in [5.74, 6) is 0. The molecule has 0 aromatic heterocycles. The van der Waals surface area contributed by atoms with E-state index in [2.05, 4.69) is 11.4 Å². The van der Waals surface area contributed by atoms with E-state index in [1.54, 1.807) is 0 Å². The Morgan fingerprint density at radius 1 is 1.17 bits per heavy atom. The van der Waals surface area contributed by atoms with E-state index in [0.717, 1.165) is 6.54 Å². The quantitative estimate of drug-likeness (QED) is 0.247. The lowest BCUT2D eigenvalue weighted by atomic mass is 10.4. The van der Waals surface area contributed by atoms with Gasteiger partial charge in [-0.2, -0.15) is 0 Å². The summed E-state index contributed by atoms with van der Waals surface area (Å²) in [5.41, 5.74) is 0. The highest BCUT2D eigenvalue weighted by Crippen LogP contribution is 1.84. The van der Waals surface area contributed by atoms with Crippen molar-refractivity contribution in [2.24, 2.45) is 0 Å². The number of aliphatic hydroxyl groups is 2. The third-order valence-corrected chi connectivity index (χ3v) is 1.49. The molecule has 0 amide bonds. The molecular formula is C8H16N2O2. The first-order chi connectivity index (χ1) is 5.85. The van der Waals surface area contributed by atoms with E-state index in [1.807, 2.05) is 4.90 Å². The van der Waals surface area contributed by atoms with Crippen molar-refractivity contribution in [1.29, 1.82) is 0 Å². The lowest BCUT2D eigenvalue weighted by Crippen LogP contribution is -2.35. The number of hydrogen-bond donors (Lipinski definition) is 3. The molecule has 0 aliphatic rings. The van der Waals surface area contributed by atoms with Crippen LogP contribution in [0.15, 0.2) is 0 Å². The molecular weight excluding hydrogens is 156 g/mol. The van der Waals surface area contributed by atoms with Crippen LogP contribution in [-0.4, -0.2) is 54.5 Å². The second-order valence-electron chi connectivity index (χ2n) is 2.36. The maximum absolute atomic E-state index is 8.64. The van der Waals surface area contributed by atoms with Crippen molar-refractivity contribution in [3.8, 4) is 12.5 Å². The number of hydrogen-bond acceptors (Lipinski definition) is 4. The van der Waals surface area contributed by atoms with Crippen molar-refractivity contribution >= 4 is 0 Å². The first-order valence-electron chi connectivity index (χ1n) is 3.97. The third kappa shape index (κ3) is 5.98. The van der Waals surface area contributed by atoms with Crippen molar-refractivity contribution in [3.05, 3.63) is 0 Å². The first kappa shape index (κ1) is 11.2. The lowest BCUT2D eigenvalue weighted by molar-refractivity contribution is 0.163. The summed E-state index contributed by atoms with van der Waals surface area (Å²) >= 11 is 0. The van der Waals surface area contributed by atoms with Gasteiger partial charge in [0.15, 0.2) is 0 Å². The molecule has 70 valence electrons. The number of nitrogens with one attached hydrogen (secondary N) is 1. The monoisotopic (exact) mass is 172 g/mol. The van der Waals surface area contributed by atoms with Crippen LogP contribution in [0.2, 0.25) is 0 Å². The van der Waals surface area contributed by atoms with Gasteiger partial charge in [-0.25, -0.2) is 0 Å². The molecule has 0 atom stereocenters. The van der Waals surface area contributed by atoms with E-state index in [-0.39, 0.29) is 13.2 Å². The van der Waals surface area contributed by atoms with Crippen molar-refractivity contribution in [3.63, 3.8) is 0 Å². The van der Waals surface area contributed by atoms with Crippen molar-refractivity contribution in [2.75, 3.05) is 39.4 Å². The second-order valence-corrected chi connectivity index (χ2v) is 2.36. The van der Waals surface area contributed by atoms with E-state index in [9.17, 15) is 0 Å². The fourth-order valence-electron chi connectivity index (χ4n) is 0.904. The molecule has 3 N–H and O–H groups in total. The first-order valence-corrected chi connectivity index (χ1v) is 3.97. The van der Waals surface area contributed by atoms with Crippen LogP contribution in [0.25, 0.3) is 0 Å². The highest BCUT2D eigenvalue weighted by Gasteiger charge is 2.01. The van der Waals surface area contributed by atoms with Gasteiger partial charge in [-0.3, -0.25) is 4.90 Å². The van der Waals surface area contributed by atoms with E-state index in [1.165, 1.54) is 0 Å². The van der Waals surface area contributed by atoms with Crippen LogP contribution in [0, 0.1) is 12.5 Å². The van der Waals surface area contributed by atoms with Gasteiger partial charge in [0.2, 0.25) is 0 Å². The second kappa shape index (κ2) is 8.34. The molecule has 0 radical (unpaired) electrons. The van der Waals surface area contributed by atoms with Gasteiger partial charge in [0.25, 0.3) is 0 Å². The van der Waals surface area contributed by atoms with Crippen LogP contribution in [-0.2, 0) is 0 Å². The molecule has 4 nitrogen and oxygen atoms in total. The normalized spacial score (nSPS) is 9.83. The van der Waals surface area contributed by atoms with Gasteiger partial charge in [0, 0.05) is 32.2 Å². The topological polar surface area (TPSA) is 55.7 Å². The molecule has 0 saturated heterocycles. The van der Waals surface area contributed by atoms with Crippen LogP contribution in [0.4, 0.5) is 0 Å². The highest BCUT2D eigenvalue weighted by molar-refractivity contribution is 4.80. The van der Waals surface area contributed by atoms with E-state index in [0.29, 0.717) is 19.6 Å². The molecule has 0 unspecified atom stereocenters. The van der Waals surface area contributed by atoms with Gasteiger partial charge in [-0.05, 0) is 0 Å². The Kier molecular flexibility index (Phi) is 7.81. The highest BCUT2D eigenvalue weighted by atomic mass is 16.3. The van der Waals surface area contributed by atoms with Gasteiger partial charge in [0.05, 0.1) is 13.2 Å². The molecule has 0 rings (SSSR count). The minimum Gasteiger partial charge on any atom is -0.395 e. The SMILES string of the molecule is C#CNCCN(CCO)CCO. The number of nitrogens with zero attached hydrogens (tertiary/aromatic N) is 1. The summed E-state index contributed by atoms with van der Waals surface area (Å²) < 4.78 is 0. The molecule has 0 bridgehead atoms. The van der Waals surface area contributed by atoms with Crippen molar-refractivity contribution < 1.29 is 10.2 Å². The fourth-order valence-corrected chi connectivity index (χ4v) is 0.904. The average molecular weight is 172 g/mol. The summed E-state index contributed by atoms with van der Waals surface area (Å²) in [6, 6.07) is 2.31. The summed E-state index contributed by atoms with van der Waals surface area (Å²) in [6.45, 7) is 2.79. The summed E-state index contributed by atoms with van der Waals surface area (Å²) in [6.07, 6.45) is 4.98. The van der Waals surface area contributed by atoms with Crippen LogP contribution in [0.1, 0.15) is 0 Å². The third-order valence-electron chi connectivity index (χ3n) is 1.49. The smallest absolute Gasteiger partial charge is 0.0558 e. The minimum atomic E-state index is 0.107. The zero-order valence-electron chi connectivity index (χ0n) is 7.16. The largest absolute Gasteiger partial charge is 0.395 e. The molecule has 0 aliphatic carbocycles. The van der Waals surface area contributed by atoms with Gasteiger partial charge in [0.1, 0.15) is 0 Å². The van der Waals surface area contributed by atoms with Gasteiger partial charge in [-0.1, -0.05) is 6.42 Å². The Bertz CT molecular complexity index is 128. The molecule has 0 aromatic rings. The maximum atomic E-state index is 8.64. The standard InChI is InChI=1S/C8H16N2O2/c1-2-9-3-4-10(5-7-11)6-8-12/h1,9,11-12H,3-8H2. The van der Waals surface area contributed by atoms with E-state index in [4.69, 9.17) is 16.6 Å². The summed E-state index contributed by atoms with van der Waals surface area (Å²) in [7, 11) is 0. The number of aliphatic hydroxyl groups excluding tert-OH is 2. The summed E-state index contributed by atoms with van der Waals surface area (Å²) in [4.78, 5) is 1.93.